The number of alkyl halides is 5. The Morgan fingerprint density at radius 1 is 1.04 bits per heavy atom. The number of rotatable bonds is 4. The summed E-state index contributed by atoms with van der Waals surface area (Å²) in [7, 11) is 0. The van der Waals surface area contributed by atoms with Crippen LogP contribution in [0.1, 0.15) is 18.5 Å². The number of ether oxygens (including phenoxy) is 1. The number of nitrogens with two attached hydrogens (primary N) is 1. The lowest BCUT2D eigenvalue weighted by Gasteiger charge is -2.28. The van der Waals surface area contributed by atoms with E-state index < -0.39 is 18.1 Å². The van der Waals surface area contributed by atoms with Crippen molar-refractivity contribution in [3.8, 4) is 5.75 Å². The van der Waals surface area contributed by atoms with Crippen molar-refractivity contribution in [3.63, 3.8) is 0 Å². The third-order valence-electron chi connectivity index (χ3n) is 3.31. The van der Waals surface area contributed by atoms with Gasteiger partial charge in [0.25, 0.3) is 0 Å². The first-order valence-corrected chi connectivity index (χ1v) is 6.54. The van der Waals surface area contributed by atoms with Gasteiger partial charge in [-0.05, 0) is 23.8 Å². The minimum Gasteiger partial charge on any atom is -0.494 e. The lowest BCUT2D eigenvalue weighted by molar-refractivity contribution is -0.290. The summed E-state index contributed by atoms with van der Waals surface area (Å²) < 4.78 is 70.3. The molecule has 0 aliphatic carbocycles. The van der Waals surface area contributed by atoms with Gasteiger partial charge >= 0.3 is 12.1 Å². The molecule has 0 spiro atoms. The zero-order chi connectivity index (χ0) is 16.5. The minimum atomic E-state index is -5.74. The fraction of sp³-hybridized carbons (Fsp3) is 0.333. The highest BCUT2D eigenvalue weighted by molar-refractivity contribution is 5.88. The molecule has 2 N–H and O–H groups in total. The van der Waals surface area contributed by atoms with Crippen LogP contribution in [-0.4, -0.2) is 18.7 Å². The number of halogens is 6. The van der Waals surface area contributed by atoms with Gasteiger partial charge in [0.1, 0.15) is 11.8 Å². The Morgan fingerprint density at radius 3 is 2.22 bits per heavy atom. The fourth-order valence-electron chi connectivity index (χ4n) is 2.24. The van der Waals surface area contributed by atoms with Crippen molar-refractivity contribution in [2.75, 3.05) is 6.61 Å². The van der Waals surface area contributed by atoms with Gasteiger partial charge in [0, 0.05) is 5.56 Å². The van der Waals surface area contributed by atoms with Crippen molar-refractivity contribution < 1.29 is 26.7 Å². The average Bonchev–Trinajstić information content (AvgIpc) is 2.45. The maximum Gasteiger partial charge on any atom is 0.455 e. The molecule has 23 heavy (non-hydrogen) atoms. The summed E-state index contributed by atoms with van der Waals surface area (Å²) >= 11 is 0. The Bertz CT molecular complexity index is 674. The lowest BCUT2D eigenvalue weighted by Crippen LogP contribution is -2.46. The lowest BCUT2D eigenvalue weighted by atomic mass is 9.94. The third kappa shape index (κ3) is 3.50. The summed E-state index contributed by atoms with van der Waals surface area (Å²) in [6, 6.07) is 6.63. The summed E-state index contributed by atoms with van der Waals surface area (Å²) in [6.45, 7) is 1.72. The Morgan fingerprint density at radius 2 is 1.65 bits per heavy atom. The van der Waals surface area contributed by atoms with Gasteiger partial charge in [-0.3, -0.25) is 0 Å². The van der Waals surface area contributed by atoms with E-state index in [9.17, 15) is 22.0 Å². The molecule has 0 saturated heterocycles. The van der Waals surface area contributed by atoms with Gasteiger partial charge in [0.15, 0.2) is 0 Å². The standard InChI is InChI=1S/C15H14F5NO.ClH/c1-2-22-11-8-7-9-5-3-4-6-10(9)12(11)13(21)14(16,17)15(18,19)20;/h3-8,13H,2,21H2,1H3;1H/t13-;/m1./s1. The van der Waals surface area contributed by atoms with Crippen LogP contribution in [0.25, 0.3) is 10.8 Å². The van der Waals surface area contributed by atoms with E-state index in [-0.39, 0.29) is 35.7 Å². The van der Waals surface area contributed by atoms with E-state index >= 15 is 0 Å². The van der Waals surface area contributed by atoms with Crippen molar-refractivity contribution in [2.24, 2.45) is 5.73 Å². The molecule has 0 saturated carbocycles. The predicted octanol–water partition coefficient (Wildman–Crippen LogP) is 4.86. The maximum absolute atomic E-state index is 13.7. The molecule has 0 aliphatic heterocycles. The molecule has 2 nitrogen and oxygen atoms in total. The highest BCUT2D eigenvalue weighted by Gasteiger charge is 2.62. The van der Waals surface area contributed by atoms with Crippen LogP contribution >= 0.6 is 12.4 Å². The number of hydrogen-bond acceptors (Lipinski definition) is 2. The molecule has 8 heteroatoms. The van der Waals surface area contributed by atoms with Gasteiger partial charge in [-0.25, -0.2) is 0 Å². The van der Waals surface area contributed by atoms with Crippen molar-refractivity contribution in [2.45, 2.75) is 25.1 Å². The van der Waals surface area contributed by atoms with Gasteiger partial charge in [0.2, 0.25) is 0 Å². The van der Waals surface area contributed by atoms with Crippen LogP contribution < -0.4 is 10.5 Å². The second-order valence-corrected chi connectivity index (χ2v) is 4.73. The summed E-state index contributed by atoms with van der Waals surface area (Å²) in [5.41, 5.74) is 4.96. The number of fused-ring (bicyclic) bond motifs is 1. The van der Waals surface area contributed by atoms with Gasteiger partial charge in [-0.1, -0.05) is 30.3 Å². The number of hydrogen-bond donors (Lipinski definition) is 1. The molecule has 0 unspecified atom stereocenters. The molecule has 2 aromatic carbocycles. The third-order valence-corrected chi connectivity index (χ3v) is 3.31. The SMILES string of the molecule is CCOc1ccc2ccccc2c1[C@@H](N)C(F)(F)C(F)(F)F.Cl. The normalized spacial score (nSPS) is 13.5. The van der Waals surface area contributed by atoms with E-state index in [0.29, 0.717) is 5.39 Å². The van der Waals surface area contributed by atoms with Crippen molar-refractivity contribution in [3.05, 3.63) is 42.0 Å². The van der Waals surface area contributed by atoms with Crippen LogP contribution in [0, 0.1) is 0 Å². The van der Waals surface area contributed by atoms with Crippen molar-refractivity contribution in [1.82, 2.24) is 0 Å². The molecule has 2 aromatic rings. The first kappa shape index (κ1) is 19.4. The summed E-state index contributed by atoms with van der Waals surface area (Å²) in [5.74, 6) is -5.14. The average molecular weight is 356 g/mol. The Hall–Kier alpha value is -1.60. The van der Waals surface area contributed by atoms with Gasteiger partial charge in [0.05, 0.1) is 6.61 Å². The molecule has 2 rings (SSSR count). The summed E-state index contributed by atoms with van der Waals surface area (Å²) in [4.78, 5) is 0. The Balaban J connectivity index is 0.00000264. The molecule has 0 radical (unpaired) electrons. The second kappa shape index (κ2) is 6.88. The maximum atomic E-state index is 13.7. The molecule has 0 aliphatic rings. The Labute approximate surface area is 135 Å². The van der Waals surface area contributed by atoms with E-state index in [1.165, 1.54) is 12.1 Å². The van der Waals surface area contributed by atoms with Crippen LogP contribution in [0.3, 0.4) is 0 Å². The smallest absolute Gasteiger partial charge is 0.455 e. The molecule has 1 atom stereocenters. The van der Waals surface area contributed by atoms with E-state index in [1.807, 2.05) is 0 Å². The van der Waals surface area contributed by atoms with Crippen LogP contribution in [0.2, 0.25) is 0 Å². The molecular weight excluding hydrogens is 341 g/mol. The van der Waals surface area contributed by atoms with E-state index in [4.69, 9.17) is 10.5 Å². The Kier molecular flexibility index (Phi) is 5.82. The van der Waals surface area contributed by atoms with Gasteiger partial charge < -0.3 is 10.5 Å². The van der Waals surface area contributed by atoms with E-state index in [1.54, 1.807) is 31.2 Å². The largest absolute Gasteiger partial charge is 0.494 e. The first-order valence-electron chi connectivity index (χ1n) is 6.54. The number of benzene rings is 2. The second-order valence-electron chi connectivity index (χ2n) is 4.73. The van der Waals surface area contributed by atoms with E-state index in [2.05, 4.69) is 0 Å². The molecule has 128 valence electrons. The quantitative estimate of drug-likeness (QED) is 0.795. The highest BCUT2D eigenvalue weighted by atomic mass is 35.5. The zero-order valence-electron chi connectivity index (χ0n) is 12.0. The molecule has 0 aromatic heterocycles. The van der Waals surface area contributed by atoms with Crippen LogP contribution in [0.5, 0.6) is 5.75 Å². The molecular formula is C15H15ClF5NO. The van der Waals surface area contributed by atoms with Crippen LogP contribution in [-0.2, 0) is 0 Å². The van der Waals surface area contributed by atoms with Gasteiger partial charge in [-0.15, -0.1) is 12.4 Å². The summed E-state index contributed by atoms with van der Waals surface area (Å²) in [5, 5.41) is 0.722. The highest BCUT2D eigenvalue weighted by Crippen LogP contribution is 2.47. The monoisotopic (exact) mass is 355 g/mol. The topological polar surface area (TPSA) is 35.2 Å². The van der Waals surface area contributed by atoms with Crippen LogP contribution in [0.4, 0.5) is 22.0 Å². The fourth-order valence-corrected chi connectivity index (χ4v) is 2.24. The molecule has 0 heterocycles. The minimum absolute atomic E-state index is 0. The molecule has 0 amide bonds. The molecule has 0 fully saturated rings. The summed E-state index contributed by atoms with van der Waals surface area (Å²) in [6.07, 6.45) is -5.74. The van der Waals surface area contributed by atoms with Gasteiger partial charge in [-0.2, -0.15) is 22.0 Å². The van der Waals surface area contributed by atoms with Crippen molar-refractivity contribution >= 4 is 23.2 Å². The first-order chi connectivity index (χ1) is 10.2. The van der Waals surface area contributed by atoms with E-state index in [0.717, 1.165) is 0 Å². The predicted molar refractivity (Wildman–Crippen MR) is 80.3 cm³/mol. The van der Waals surface area contributed by atoms with Crippen LogP contribution in [0.15, 0.2) is 36.4 Å². The zero-order valence-corrected chi connectivity index (χ0v) is 12.8. The van der Waals surface area contributed by atoms with Crippen molar-refractivity contribution in [1.29, 1.82) is 0 Å². The molecule has 0 bridgehead atoms.